The molecule has 0 unspecified atom stereocenters. The van der Waals surface area contributed by atoms with Crippen LogP contribution in [0.25, 0.3) is 0 Å². The summed E-state index contributed by atoms with van der Waals surface area (Å²) in [5, 5.41) is 27.7. The van der Waals surface area contributed by atoms with Gasteiger partial charge in [0, 0.05) is 18.8 Å². The van der Waals surface area contributed by atoms with E-state index in [1.165, 1.54) is 11.3 Å². The molecule has 0 spiro atoms. The van der Waals surface area contributed by atoms with Gasteiger partial charge in [0.25, 0.3) is 0 Å². The number of azo groups is 1. The molecule has 2 rings (SSSR count). The van der Waals surface area contributed by atoms with Crippen LogP contribution in [0, 0.1) is 36.5 Å². The number of thiophene rings is 1. The Morgan fingerprint density at radius 1 is 1.00 bits per heavy atom. The third kappa shape index (κ3) is 6.64. The van der Waals surface area contributed by atoms with Gasteiger partial charge in [0.05, 0.1) is 44.1 Å². The molecule has 0 fully saturated rings. The van der Waals surface area contributed by atoms with Gasteiger partial charge in [-0.1, -0.05) is 0 Å². The molecule has 0 bridgehead atoms. The number of nitrogens with zero attached hydrogens (tertiary/aromatic N) is 6. The van der Waals surface area contributed by atoms with Crippen LogP contribution >= 0.6 is 11.3 Å². The molecule has 2 aromatic rings. The quantitative estimate of drug-likeness (QED) is 0.192. The molecule has 1 aromatic heterocycles. The summed E-state index contributed by atoms with van der Waals surface area (Å²) in [7, 11) is 0. The average molecular weight is 482 g/mol. The fourth-order valence-corrected chi connectivity index (χ4v) is 4.88. The zero-order chi connectivity index (χ0) is 25.1. The molecule has 0 amide bonds. The Kier molecular flexibility index (Phi) is 10.7. The lowest BCUT2D eigenvalue weighted by Crippen LogP contribution is -2.49. The fraction of sp³-hybridized carbons (Fsp3) is 0.538. The number of hydrogen-bond donors (Lipinski definition) is 0. The second-order valence-electron chi connectivity index (χ2n) is 8.34. The molecule has 7 nitrogen and oxygen atoms in total. The van der Waals surface area contributed by atoms with Gasteiger partial charge in [0.2, 0.25) is 0 Å². The van der Waals surface area contributed by atoms with Gasteiger partial charge < -0.3 is 14.1 Å². The first-order valence-corrected chi connectivity index (χ1v) is 12.8. The summed E-state index contributed by atoms with van der Waals surface area (Å²) in [6, 6.07) is 10.4. The minimum absolute atomic E-state index is 0.421. The molecule has 1 aromatic carbocycles. The summed E-state index contributed by atoms with van der Waals surface area (Å²) in [6.45, 7) is 20.4. The first kappa shape index (κ1) is 27.5. The topological polar surface area (TPSA) is 84.8 Å². The molecule has 34 heavy (non-hydrogen) atoms. The Bertz CT molecular complexity index is 1050. The van der Waals surface area contributed by atoms with E-state index in [-0.39, 0.29) is 0 Å². The van der Waals surface area contributed by atoms with Gasteiger partial charge in [0.1, 0.15) is 23.6 Å². The lowest BCUT2D eigenvalue weighted by atomic mass is 10.1. The predicted octanol–water partition coefficient (Wildman–Crippen LogP) is 6.24. The van der Waals surface area contributed by atoms with Gasteiger partial charge in [-0.3, -0.25) is 0 Å². The van der Waals surface area contributed by atoms with Crippen LogP contribution in [-0.4, -0.2) is 57.0 Å². The molecule has 1 heterocycles. The van der Waals surface area contributed by atoms with Gasteiger partial charge >= 0.3 is 0 Å². The Morgan fingerprint density at radius 3 is 2.26 bits per heavy atom. The Labute approximate surface area is 208 Å². The normalized spacial score (nSPS) is 11.5. The van der Waals surface area contributed by atoms with Gasteiger partial charge in [-0.15, -0.1) is 21.6 Å². The fourth-order valence-electron chi connectivity index (χ4n) is 4.00. The Hall–Kier alpha value is -2.78. The van der Waals surface area contributed by atoms with E-state index in [2.05, 4.69) is 61.0 Å². The highest BCUT2D eigenvalue weighted by Crippen LogP contribution is 2.36. The van der Waals surface area contributed by atoms with Crippen LogP contribution in [0.1, 0.15) is 49.3 Å². The van der Waals surface area contributed by atoms with Crippen LogP contribution in [0.5, 0.6) is 0 Å². The Balaban J connectivity index is 2.01. The van der Waals surface area contributed by atoms with Crippen molar-refractivity contribution in [2.24, 2.45) is 10.2 Å². The number of rotatable bonds is 13. The van der Waals surface area contributed by atoms with E-state index in [9.17, 15) is 10.5 Å². The van der Waals surface area contributed by atoms with Crippen LogP contribution in [0.15, 0.2) is 28.4 Å². The van der Waals surface area contributed by atoms with E-state index in [1.54, 1.807) is 6.92 Å². The molecular weight excluding hydrogens is 444 g/mol. The van der Waals surface area contributed by atoms with Gasteiger partial charge in [-0.2, -0.15) is 10.5 Å². The van der Waals surface area contributed by atoms with Crippen LogP contribution in [0.4, 0.5) is 16.4 Å². The van der Waals surface area contributed by atoms with E-state index < -0.39 is 0 Å². The largest absolute Gasteiger partial charge is 0.374 e. The number of anilines is 1. The minimum atomic E-state index is 0.421. The summed E-state index contributed by atoms with van der Waals surface area (Å²) in [4.78, 5) is 2.80. The van der Waals surface area contributed by atoms with Crippen molar-refractivity contribution in [3.63, 3.8) is 0 Å². The van der Waals surface area contributed by atoms with Crippen LogP contribution in [-0.2, 0) is 4.74 Å². The molecule has 0 aliphatic heterocycles. The van der Waals surface area contributed by atoms with Crippen molar-refractivity contribution >= 4 is 27.7 Å². The van der Waals surface area contributed by atoms with Crippen LogP contribution in [0.3, 0.4) is 0 Å². The predicted molar refractivity (Wildman–Crippen MR) is 139 cm³/mol. The molecule has 0 radical (unpaired) electrons. The van der Waals surface area contributed by atoms with Crippen LogP contribution < -0.4 is 4.90 Å². The van der Waals surface area contributed by atoms with Crippen molar-refractivity contribution in [1.82, 2.24) is 0 Å². The van der Waals surface area contributed by atoms with E-state index in [1.807, 2.05) is 19.1 Å². The van der Waals surface area contributed by atoms with E-state index in [0.717, 1.165) is 67.3 Å². The molecule has 0 saturated carbocycles. The monoisotopic (exact) mass is 481 g/mol. The highest BCUT2D eigenvalue weighted by Gasteiger charge is 2.20. The zero-order valence-electron chi connectivity index (χ0n) is 21.4. The number of benzene rings is 1. The zero-order valence-corrected chi connectivity index (χ0v) is 22.2. The molecule has 0 N–H and O–H groups in total. The number of hydrogen-bond acceptors (Lipinski definition) is 7. The first-order valence-electron chi connectivity index (χ1n) is 12.0. The van der Waals surface area contributed by atoms with Crippen molar-refractivity contribution in [1.29, 1.82) is 10.5 Å². The standard InChI is InChI=1S/C26H37N6OS/c1-7-31(13-15-33-16-14-32(8-2,9-3)10-4)22-11-12-24(20(5)17-22)29-30-26-23(18-27)21(6)25(19-28)34-26/h11-12,17H,7-10,13-16H2,1-6H3/q+1. The van der Waals surface area contributed by atoms with E-state index >= 15 is 0 Å². The second-order valence-corrected chi connectivity index (χ2v) is 9.34. The maximum Gasteiger partial charge on any atom is 0.158 e. The van der Waals surface area contributed by atoms with Crippen molar-refractivity contribution in [3.05, 3.63) is 39.8 Å². The van der Waals surface area contributed by atoms with Gasteiger partial charge in [-0.25, -0.2) is 0 Å². The highest BCUT2D eigenvalue weighted by atomic mass is 32.1. The highest BCUT2D eigenvalue weighted by molar-refractivity contribution is 7.16. The number of ether oxygens (including phenoxy) is 1. The van der Waals surface area contributed by atoms with Gasteiger partial charge in [-0.05, 0) is 70.9 Å². The third-order valence-corrected chi connectivity index (χ3v) is 7.83. The van der Waals surface area contributed by atoms with Crippen molar-refractivity contribution in [3.8, 4) is 12.1 Å². The van der Waals surface area contributed by atoms with Gasteiger partial charge in [0.15, 0.2) is 5.00 Å². The smallest absolute Gasteiger partial charge is 0.158 e. The first-order chi connectivity index (χ1) is 16.4. The lowest BCUT2D eigenvalue weighted by Gasteiger charge is -2.35. The molecule has 0 aliphatic rings. The maximum absolute atomic E-state index is 9.40. The summed E-state index contributed by atoms with van der Waals surface area (Å²) >= 11 is 1.20. The number of quaternary nitrogens is 1. The SMILES string of the molecule is CCN(CCOCC[N+](CC)(CC)CC)c1ccc(N=Nc2sc(C#N)c(C)c2C#N)c(C)c1. The van der Waals surface area contributed by atoms with Crippen molar-refractivity contribution < 1.29 is 9.22 Å². The molecular formula is C26H37N6OS+. The molecule has 8 heteroatoms. The molecule has 0 saturated heterocycles. The minimum Gasteiger partial charge on any atom is -0.374 e. The third-order valence-electron chi connectivity index (χ3n) is 6.75. The average Bonchev–Trinajstić information content (AvgIpc) is 3.17. The maximum atomic E-state index is 9.40. The lowest BCUT2D eigenvalue weighted by molar-refractivity contribution is -0.923. The second kappa shape index (κ2) is 13.2. The van der Waals surface area contributed by atoms with Crippen LogP contribution in [0.2, 0.25) is 0 Å². The van der Waals surface area contributed by atoms with E-state index in [0.29, 0.717) is 27.6 Å². The molecule has 0 aliphatic carbocycles. The molecule has 0 atom stereocenters. The number of nitriles is 2. The van der Waals surface area contributed by atoms with Crippen molar-refractivity contribution in [2.45, 2.75) is 41.5 Å². The number of aryl methyl sites for hydroxylation is 1. The van der Waals surface area contributed by atoms with E-state index in [4.69, 9.17) is 4.74 Å². The summed E-state index contributed by atoms with van der Waals surface area (Å²) < 4.78 is 7.10. The Morgan fingerprint density at radius 2 is 1.71 bits per heavy atom. The summed E-state index contributed by atoms with van der Waals surface area (Å²) in [5.41, 5.74) is 3.96. The van der Waals surface area contributed by atoms with Crippen molar-refractivity contribution in [2.75, 3.05) is 57.4 Å². The summed E-state index contributed by atoms with van der Waals surface area (Å²) in [5.74, 6) is 0. The molecule has 182 valence electrons. The number of likely N-dealkylation sites (N-methyl/N-ethyl adjacent to an activating group) is 2. The summed E-state index contributed by atoms with van der Waals surface area (Å²) in [6.07, 6.45) is 0.